The van der Waals surface area contributed by atoms with Crippen LogP contribution in [-0.2, 0) is 4.79 Å². The predicted octanol–water partition coefficient (Wildman–Crippen LogP) is 4.33. The summed E-state index contributed by atoms with van der Waals surface area (Å²) in [7, 11) is 1.55. The van der Waals surface area contributed by atoms with Crippen molar-refractivity contribution in [3.8, 4) is 5.75 Å². The molecule has 0 aliphatic rings. The maximum Gasteiger partial charge on any atom is 0.274 e. The van der Waals surface area contributed by atoms with Crippen LogP contribution < -0.4 is 10.1 Å². The molecular formula is C17H15BrN2O4. The van der Waals surface area contributed by atoms with Crippen molar-refractivity contribution >= 4 is 39.3 Å². The summed E-state index contributed by atoms with van der Waals surface area (Å²) >= 11 is 3.36. The fourth-order valence-electron chi connectivity index (χ4n) is 2.13. The quantitative estimate of drug-likeness (QED) is 0.468. The number of hydrogen-bond acceptors (Lipinski definition) is 4. The van der Waals surface area contributed by atoms with Gasteiger partial charge in [0.2, 0.25) is 5.91 Å². The van der Waals surface area contributed by atoms with Gasteiger partial charge in [-0.2, -0.15) is 0 Å². The number of hydrogen-bond donors (Lipinski definition) is 1. The highest BCUT2D eigenvalue weighted by Gasteiger charge is 2.14. The van der Waals surface area contributed by atoms with Crippen LogP contribution in [-0.4, -0.2) is 17.9 Å². The van der Waals surface area contributed by atoms with Crippen LogP contribution in [0.2, 0.25) is 0 Å². The second-order valence-corrected chi connectivity index (χ2v) is 5.83. The van der Waals surface area contributed by atoms with Crippen molar-refractivity contribution < 1.29 is 14.5 Å². The van der Waals surface area contributed by atoms with Crippen LogP contribution in [0.15, 0.2) is 46.9 Å². The van der Waals surface area contributed by atoms with E-state index in [4.69, 9.17) is 4.74 Å². The monoisotopic (exact) mass is 390 g/mol. The molecule has 2 aromatic carbocycles. The van der Waals surface area contributed by atoms with Crippen molar-refractivity contribution in [1.82, 2.24) is 0 Å². The van der Waals surface area contributed by atoms with Gasteiger partial charge in [-0.15, -0.1) is 0 Å². The van der Waals surface area contributed by atoms with E-state index in [2.05, 4.69) is 21.2 Å². The Labute approximate surface area is 147 Å². The number of benzene rings is 2. The smallest absolute Gasteiger partial charge is 0.274 e. The first-order valence-corrected chi connectivity index (χ1v) is 7.78. The molecule has 0 bridgehead atoms. The van der Waals surface area contributed by atoms with Gasteiger partial charge in [0.1, 0.15) is 5.75 Å². The maximum absolute atomic E-state index is 12.1. The number of amides is 1. The second-order valence-electron chi connectivity index (χ2n) is 4.92. The Morgan fingerprint density at radius 2 is 2.08 bits per heavy atom. The Kier molecular flexibility index (Phi) is 5.70. The average molecular weight is 391 g/mol. The molecule has 0 aromatic heterocycles. The third kappa shape index (κ3) is 4.20. The summed E-state index contributed by atoms with van der Waals surface area (Å²) < 4.78 is 6.09. The predicted molar refractivity (Wildman–Crippen MR) is 96.2 cm³/mol. The summed E-state index contributed by atoms with van der Waals surface area (Å²) in [6, 6.07) is 9.99. The molecule has 0 radical (unpaired) electrons. The molecule has 24 heavy (non-hydrogen) atoms. The Morgan fingerprint density at radius 3 is 2.75 bits per heavy atom. The SMILES string of the molecule is COc1ccc(Br)cc1/C=C/C(=O)Nc1cccc([N+](=O)[O-])c1C. The lowest BCUT2D eigenvalue weighted by molar-refractivity contribution is -0.385. The van der Waals surface area contributed by atoms with Crippen molar-refractivity contribution in [2.24, 2.45) is 0 Å². The number of anilines is 1. The van der Waals surface area contributed by atoms with Gasteiger partial charge < -0.3 is 10.1 Å². The molecule has 0 atom stereocenters. The van der Waals surface area contributed by atoms with Gasteiger partial charge in [-0.3, -0.25) is 14.9 Å². The molecule has 0 heterocycles. The van der Waals surface area contributed by atoms with E-state index in [1.165, 1.54) is 18.2 Å². The third-order valence-electron chi connectivity index (χ3n) is 3.37. The highest BCUT2D eigenvalue weighted by molar-refractivity contribution is 9.10. The van der Waals surface area contributed by atoms with E-state index in [0.29, 0.717) is 17.0 Å². The number of ether oxygens (including phenoxy) is 1. The van der Waals surface area contributed by atoms with Gasteiger partial charge in [0, 0.05) is 22.2 Å². The molecule has 0 saturated carbocycles. The van der Waals surface area contributed by atoms with E-state index in [-0.39, 0.29) is 11.6 Å². The minimum atomic E-state index is -0.479. The number of nitrogens with zero attached hydrogens (tertiary/aromatic N) is 1. The summed E-state index contributed by atoms with van der Waals surface area (Å²) in [5.74, 6) is 0.245. The van der Waals surface area contributed by atoms with Gasteiger partial charge in [0.25, 0.3) is 5.69 Å². The van der Waals surface area contributed by atoms with Gasteiger partial charge in [-0.05, 0) is 37.3 Å². The number of halogens is 1. The summed E-state index contributed by atoms with van der Waals surface area (Å²) in [4.78, 5) is 22.5. The summed E-state index contributed by atoms with van der Waals surface area (Å²) in [5, 5.41) is 13.6. The van der Waals surface area contributed by atoms with Gasteiger partial charge in [0.05, 0.1) is 23.3 Å². The third-order valence-corrected chi connectivity index (χ3v) is 3.86. The zero-order chi connectivity index (χ0) is 17.7. The molecule has 1 amide bonds. The molecule has 124 valence electrons. The lowest BCUT2D eigenvalue weighted by atomic mass is 10.1. The molecule has 0 aliphatic carbocycles. The van der Waals surface area contributed by atoms with Gasteiger partial charge in [-0.25, -0.2) is 0 Å². The van der Waals surface area contributed by atoms with E-state index in [1.54, 1.807) is 32.2 Å². The molecule has 0 saturated heterocycles. The van der Waals surface area contributed by atoms with Crippen LogP contribution in [0.25, 0.3) is 6.08 Å². The fraction of sp³-hybridized carbons (Fsp3) is 0.118. The normalized spacial score (nSPS) is 10.6. The molecule has 7 heteroatoms. The van der Waals surface area contributed by atoms with Crippen molar-refractivity contribution in [2.75, 3.05) is 12.4 Å². The average Bonchev–Trinajstić information content (AvgIpc) is 2.54. The highest BCUT2D eigenvalue weighted by atomic mass is 79.9. The zero-order valence-corrected chi connectivity index (χ0v) is 14.7. The number of nitro benzene ring substituents is 1. The molecule has 0 aliphatic heterocycles. The van der Waals surface area contributed by atoms with Crippen LogP contribution in [0.3, 0.4) is 0 Å². The summed E-state index contributed by atoms with van der Waals surface area (Å²) in [6.45, 7) is 1.59. The number of nitrogens with one attached hydrogen (secondary N) is 1. The Balaban J connectivity index is 2.19. The zero-order valence-electron chi connectivity index (χ0n) is 13.1. The molecule has 2 rings (SSSR count). The lowest BCUT2D eigenvalue weighted by Crippen LogP contribution is -2.09. The maximum atomic E-state index is 12.1. The molecule has 2 aromatic rings. The summed E-state index contributed by atoms with van der Waals surface area (Å²) in [6.07, 6.45) is 2.97. The number of carbonyl (C=O) groups is 1. The minimum Gasteiger partial charge on any atom is -0.496 e. The molecular weight excluding hydrogens is 376 g/mol. The summed E-state index contributed by atoms with van der Waals surface area (Å²) in [5.41, 5.74) is 1.51. The van der Waals surface area contributed by atoms with Gasteiger partial charge in [-0.1, -0.05) is 22.0 Å². The Bertz CT molecular complexity index is 818. The van der Waals surface area contributed by atoms with Crippen LogP contribution >= 0.6 is 15.9 Å². The standard InChI is InChI=1S/C17H15BrN2O4/c1-11-14(4-3-5-15(11)20(22)23)19-17(21)9-6-12-10-13(18)7-8-16(12)24-2/h3-10H,1-2H3,(H,19,21)/b9-6+. The molecule has 6 nitrogen and oxygen atoms in total. The molecule has 0 unspecified atom stereocenters. The van der Waals surface area contributed by atoms with E-state index in [1.807, 2.05) is 12.1 Å². The highest BCUT2D eigenvalue weighted by Crippen LogP contribution is 2.26. The number of rotatable bonds is 5. The number of nitro groups is 1. The van der Waals surface area contributed by atoms with Gasteiger partial charge >= 0.3 is 0 Å². The van der Waals surface area contributed by atoms with Crippen LogP contribution in [0, 0.1) is 17.0 Å². The first-order chi connectivity index (χ1) is 11.4. The second kappa shape index (κ2) is 7.74. The Morgan fingerprint density at radius 1 is 1.33 bits per heavy atom. The molecule has 0 spiro atoms. The first-order valence-electron chi connectivity index (χ1n) is 6.99. The fourth-order valence-corrected chi connectivity index (χ4v) is 2.51. The van der Waals surface area contributed by atoms with E-state index in [0.717, 1.165) is 10.0 Å². The van der Waals surface area contributed by atoms with Crippen molar-refractivity contribution in [2.45, 2.75) is 6.92 Å². The van der Waals surface area contributed by atoms with Crippen molar-refractivity contribution in [3.63, 3.8) is 0 Å². The van der Waals surface area contributed by atoms with E-state index >= 15 is 0 Å². The molecule has 1 N–H and O–H groups in total. The molecule has 0 fully saturated rings. The van der Waals surface area contributed by atoms with E-state index in [9.17, 15) is 14.9 Å². The van der Waals surface area contributed by atoms with Crippen molar-refractivity contribution in [3.05, 3.63) is 68.2 Å². The van der Waals surface area contributed by atoms with Crippen LogP contribution in [0.1, 0.15) is 11.1 Å². The largest absolute Gasteiger partial charge is 0.496 e. The lowest BCUT2D eigenvalue weighted by Gasteiger charge is -2.07. The topological polar surface area (TPSA) is 81.5 Å². The van der Waals surface area contributed by atoms with Crippen LogP contribution in [0.5, 0.6) is 5.75 Å². The minimum absolute atomic E-state index is 0.0366. The Hall–Kier alpha value is -2.67. The van der Waals surface area contributed by atoms with Crippen LogP contribution in [0.4, 0.5) is 11.4 Å². The number of carbonyl (C=O) groups excluding carboxylic acids is 1. The number of methoxy groups -OCH3 is 1. The van der Waals surface area contributed by atoms with Gasteiger partial charge in [0.15, 0.2) is 0 Å². The van der Waals surface area contributed by atoms with Crippen molar-refractivity contribution in [1.29, 1.82) is 0 Å². The van der Waals surface area contributed by atoms with E-state index < -0.39 is 4.92 Å². The first kappa shape index (κ1) is 17.7.